The van der Waals surface area contributed by atoms with E-state index in [0.29, 0.717) is 22.5 Å². The smallest absolute Gasteiger partial charge is 0.424 e. The maximum absolute atomic E-state index is 12.6. The Morgan fingerprint density at radius 2 is 1.21 bits per heavy atom. The second-order valence-electron chi connectivity index (χ2n) is 7.80. The number of amides is 2. The SMILES string of the molecule is Cc1cc(N)cc(C)c1N(C(=O)OC(C)(C)C)C(=O)OC(C)(C)C. The minimum Gasteiger partial charge on any atom is -0.443 e. The lowest BCUT2D eigenvalue weighted by Crippen LogP contribution is -2.44. The number of rotatable bonds is 1. The summed E-state index contributed by atoms with van der Waals surface area (Å²) in [5, 5.41) is 0. The van der Waals surface area contributed by atoms with Crippen molar-refractivity contribution < 1.29 is 19.1 Å². The van der Waals surface area contributed by atoms with Crippen LogP contribution < -0.4 is 10.6 Å². The predicted octanol–water partition coefficient (Wildman–Crippen LogP) is 4.56. The molecule has 0 atom stereocenters. The molecule has 0 aromatic heterocycles. The molecule has 1 aromatic rings. The summed E-state index contributed by atoms with van der Waals surface area (Å²) in [6.45, 7) is 14.0. The zero-order valence-corrected chi connectivity index (χ0v) is 15.8. The van der Waals surface area contributed by atoms with Gasteiger partial charge in [0, 0.05) is 5.69 Å². The Morgan fingerprint density at radius 1 is 0.875 bits per heavy atom. The van der Waals surface area contributed by atoms with Gasteiger partial charge in [-0.15, -0.1) is 0 Å². The molecule has 1 rings (SSSR count). The van der Waals surface area contributed by atoms with Crippen molar-refractivity contribution in [2.24, 2.45) is 0 Å². The van der Waals surface area contributed by atoms with E-state index in [1.807, 2.05) is 0 Å². The van der Waals surface area contributed by atoms with E-state index in [2.05, 4.69) is 0 Å². The Morgan fingerprint density at radius 3 is 1.50 bits per heavy atom. The average Bonchev–Trinajstić information content (AvgIpc) is 2.28. The topological polar surface area (TPSA) is 81.9 Å². The zero-order chi connectivity index (χ0) is 18.9. The van der Waals surface area contributed by atoms with Crippen LogP contribution in [0.3, 0.4) is 0 Å². The summed E-state index contributed by atoms with van der Waals surface area (Å²) in [7, 11) is 0. The number of benzene rings is 1. The number of imide groups is 1. The first-order valence-electron chi connectivity index (χ1n) is 7.84. The second-order valence-corrected chi connectivity index (χ2v) is 7.80. The lowest BCUT2D eigenvalue weighted by molar-refractivity contribution is 0.0430. The highest BCUT2D eigenvalue weighted by Crippen LogP contribution is 2.30. The normalized spacial score (nSPS) is 11.8. The third-order valence-electron chi connectivity index (χ3n) is 2.89. The number of nitrogens with two attached hydrogens (primary N) is 1. The van der Waals surface area contributed by atoms with E-state index >= 15 is 0 Å². The fourth-order valence-corrected chi connectivity index (χ4v) is 2.21. The molecule has 0 aliphatic heterocycles. The maximum atomic E-state index is 12.6. The first-order valence-corrected chi connectivity index (χ1v) is 7.84. The molecule has 1 aromatic carbocycles. The number of aryl methyl sites for hydroxylation is 2. The minimum atomic E-state index is -0.785. The molecule has 0 bridgehead atoms. The number of ether oxygens (including phenoxy) is 2. The Kier molecular flexibility index (Phi) is 5.54. The first kappa shape index (κ1) is 19.8. The van der Waals surface area contributed by atoms with Gasteiger partial charge in [-0.1, -0.05) is 0 Å². The van der Waals surface area contributed by atoms with E-state index in [4.69, 9.17) is 15.2 Å². The quantitative estimate of drug-likeness (QED) is 0.760. The van der Waals surface area contributed by atoms with Gasteiger partial charge in [0.25, 0.3) is 0 Å². The molecule has 0 aliphatic rings. The van der Waals surface area contributed by atoms with Crippen molar-refractivity contribution in [3.05, 3.63) is 23.3 Å². The third kappa shape index (κ3) is 5.44. The summed E-state index contributed by atoms with van der Waals surface area (Å²) in [5.74, 6) is 0. The van der Waals surface area contributed by atoms with Crippen LogP contribution in [0.2, 0.25) is 0 Å². The van der Waals surface area contributed by atoms with Gasteiger partial charge < -0.3 is 15.2 Å². The van der Waals surface area contributed by atoms with Crippen molar-refractivity contribution in [2.45, 2.75) is 66.6 Å². The van der Waals surface area contributed by atoms with Crippen molar-refractivity contribution in [1.82, 2.24) is 0 Å². The average molecular weight is 336 g/mol. The zero-order valence-electron chi connectivity index (χ0n) is 15.8. The molecule has 134 valence electrons. The molecule has 0 radical (unpaired) electrons. The van der Waals surface area contributed by atoms with Crippen LogP contribution >= 0.6 is 0 Å². The monoisotopic (exact) mass is 336 g/mol. The number of nitrogen functional groups attached to an aromatic ring is 1. The number of anilines is 2. The van der Waals surface area contributed by atoms with Crippen LogP contribution in [-0.2, 0) is 9.47 Å². The van der Waals surface area contributed by atoms with Gasteiger partial charge in [-0.3, -0.25) is 0 Å². The van der Waals surface area contributed by atoms with Crippen LogP contribution in [-0.4, -0.2) is 23.4 Å². The molecule has 6 nitrogen and oxygen atoms in total. The fraction of sp³-hybridized carbons (Fsp3) is 0.556. The lowest BCUT2D eigenvalue weighted by atomic mass is 10.1. The van der Waals surface area contributed by atoms with Gasteiger partial charge in [0.2, 0.25) is 0 Å². The number of hydrogen-bond donors (Lipinski definition) is 1. The van der Waals surface area contributed by atoms with Crippen molar-refractivity contribution in [1.29, 1.82) is 0 Å². The molecule has 2 amide bonds. The van der Waals surface area contributed by atoms with E-state index < -0.39 is 23.4 Å². The van der Waals surface area contributed by atoms with Crippen molar-refractivity contribution >= 4 is 23.6 Å². The van der Waals surface area contributed by atoms with Gasteiger partial charge in [-0.25, -0.2) is 9.59 Å². The molecule has 0 aliphatic carbocycles. The fourth-order valence-electron chi connectivity index (χ4n) is 2.21. The Balaban J connectivity index is 3.39. The van der Waals surface area contributed by atoms with Crippen LogP contribution in [0.4, 0.5) is 21.0 Å². The Labute approximate surface area is 143 Å². The highest BCUT2D eigenvalue weighted by molar-refractivity contribution is 6.10. The third-order valence-corrected chi connectivity index (χ3v) is 2.89. The highest BCUT2D eigenvalue weighted by atomic mass is 16.6. The van der Waals surface area contributed by atoms with Crippen LogP contribution in [0.5, 0.6) is 0 Å². The van der Waals surface area contributed by atoms with E-state index in [0.717, 1.165) is 4.90 Å². The van der Waals surface area contributed by atoms with Gasteiger partial charge in [-0.2, -0.15) is 4.90 Å². The van der Waals surface area contributed by atoms with Crippen molar-refractivity contribution in [3.63, 3.8) is 0 Å². The Hall–Kier alpha value is -2.24. The van der Waals surface area contributed by atoms with Crippen molar-refractivity contribution in [2.75, 3.05) is 10.6 Å². The van der Waals surface area contributed by atoms with E-state index in [1.165, 1.54) is 0 Å². The van der Waals surface area contributed by atoms with Crippen molar-refractivity contribution in [3.8, 4) is 0 Å². The molecule has 0 heterocycles. The van der Waals surface area contributed by atoms with Gasteiger partial charge in [0.15, 0.2) is 0 Å². The van der Waals surface area contributed by atoms with E-state index in [9.17, 15) is 9.59 Å². The van der Waals surface area contributed by atoms with E-state index in [1.54, 1.807) is 67.5 Å². The summed E-state index contributed by atoms with van der Waals surface area (Å²) in [6, 6.07) is 3.40. The Bertz CT molecular complexity index is 588. The first-order chi connectivity index (χ1) is 10.7. The molecule has 0 spiro atoms. The molecular weight excluding hydrogens is 308 g/mol. The van der Waals surface area contributed by atoms with Crippen LogP contribution in [0.1, 0.15) is 52.7 Å². The largest absolute Gasteiger partial charge is 0.443 e. The van der Waals surface area contributed by atoms with Gasteiger partial charge in [0.05, 0.1) is 5.69 Å². The van der Waals surface area contributed by atoms with Crippen LogP contribution in [0.15, 0.2) is 12.1 Å². The number of carbonyl (C=O) groups is 2. The van der Waals surface area contributed by atoms with Crippen LogP contribution in [0, 0.1) is 13.8 Å². The van der Waals surface area contributed by atoms with E-state index in [-0.39, 0.29) is 0 Å². The molecule has 0 saturated carbocycles. The number of carbonyl (C=O) groups excluding carboxylic acids is 2. The van der Waals surface area contributed by atoms with Gasteiger partial charge in [-0.05, 0) is 78.6 Å². The summed E-state index contributed by atoms with van der Waals surface area (Å²) >= 11 is 0. The summed E-state index contributed by atoms with van der Waals surface area (Å²) in [4.78, 5) is 26.2. The number of nitrogens with zero attached hydrogens (tertiary/aromatic N) is 1. The molecule has 0 unspecified atom stereocenters. The summed E-state index contributed by atoms with van der Waals surface area (Å²) in [6.07, 6.45) is -1.57. The molecule has 6 heteroatoms. The molecular formula is C18H28N2O4. The second kappa shape index (κ2) is 6.71. The maximum Gasteiger partial charge on any atom is 0.424 e. The van der Waals surface area contributed by atoms with Crippen LogP contribution in [0.25, 0.3) is 0 Å². The van der Waals surface area contributed by atoms with Gasteiger partial charge >= 0.3 is 12.2 Å². The van der Waals surface area contributed by atoms with Gasteiger partial charge in [0.1, 0.15) is 11.2 Å². The summed E-state index contributed by atoms with van der Waals surface area (Å²) in [5.41, 5.74) is 6.70. The molecule has 0 saturated heterocycles. The molecule has 24 heavy (non-hydrogen) atoms. The summed E-state index contributed by atoms with van der Waals surface area (Å²) < 4.78 is 10.8. The minimum absolute atomic E-state index is 0.424. The predicted molar refractivity (Wildman–Crippen MR) is 95.3 cm³/mol. The molecule has 2 N–H and O–H groups in total. The highest BCUT2D eigenvalue weighted by Gasteiger charge is 2.34. The number of hydrogen-bond acceptors (Lipinski definition) is 5. The standard InChI is InChI=1S/C18H28N2O4/c1-11-9-13(19)10-12(2)14(11)20(15(21)23-17(3,4)5)16(22)24-18(6,7)8/h9-10H,19H2,1-8H3. The molecule has 0 fully saturated rings. The lowest BCUT2D eigenvalue weighted by Gasteiger charge is -2.30.